The smallest absolute Gasteiger partial charge is 0.326 e. The van der Waals surface area contributed by atoms with Crippen molar-refractivity contribution in [2.24, 2.45) is 29.0 Å². The number of hydrogen-bond acceptors (Lipinski definition) is 10. The number of aromatic amines is 3. The van der Waals surface area contributed by atoms with Gasteiger partial charge in [0.15, 0.2) is 5.96 Å². The Kier molecular flexibility index (Phi) is 20.7. The molecule has 0 unspecified atom stereocenters. The average Bonchev–Trinajstić information content (AvgIpc) is 4.14. The predicted molar refractivity (Wildman–Crippen MR) is 295 cm³/mol. The molecule has 3 aromatic carbocycles. The lowest BCUT2D eigenvalue weighted by atomic mass is 9.98. The summed E-state index contributed by atoms with van der Waals surface area (Å²) in [6.07, 6.45) is 6.85. The molecule has 0 bridgehead atoms. The number of benzene rings is 3. The van der Waals surface area contributed by atoms with Gasteiger partial charge in [0.2, 0.25) is 35.4 Å². The number of carboxylic acids is 1. The zero-order valence-electron chi connectivity index (χ0n) is 44.0. The summed E-state index contributed by atoms with van der Waals surface area (Å²) >= 11 is 0. The number of fused-ring (bicyclic) bond motifs is 3. The second-order valence-corrected chi connectivity index (χ2v) is 20.1. The summed E-state index contributed by atoms with van der Waals surface area (Å²) in [6.45, 7) is 7.51. The number of H-pyrrole nitrogens is 3. The molecule has 412 valence electrons. The first-order valence-corrected chi connectivity index (χ1v) is 26.1. The monoisotopic (exact) mass is 1060 g/mol. The zero-order chi connectivity index (χ0) is 55.8. The number of hydrogen-bond donors (Lipinski definition) is 15. The van der Waals surface area contributed by atoms with E-state index in [1.54, 1.807) is 46.3 Å². The van der Waals surface area contributed by atoms with Crippen LogP contribution in [-0.4, -0.2) is 123 Å². The molecule has 0 saturated carbocycles. The highest BCUT2D eigenvalue weighted by atomic mass is 16.4. The van der Waals surface area contributed by atoms with Crippen LogP contribution >= 0.6 is 0 Å². The molecule has 22 nitrogen and oxygen atoms in total. The van der Waals surface area contributed by atoms with E-state index < -0.39 is 95.5 Å². The first kappa shape index (κ1) is 58.0. The minimum absolute atomic E-state index is 0.0239. The molecule has 6 rings (SSSR count). The van der Waals surface area contributed by atoms with E-state index in [1.807, 2.05) is 72.8 Å². The maximum Gasteiger partial charge on any atom is 0.326 e. The van der Waals surface area contributed by atoms with Crippen molar-refractivity contribution in [1.29, 1.82) is 5.41 Å². The van der Waals surface area contributed by atoms with Crippen molar-refractivity contribution < 1.29 is 38.7 Å². The molecule has 6 amide bonds. The van der Waals surface area contributed by atoms with Crippen molar-refractivity contribution in [3.05, 3.63) is 108 Å². The second kappa shape index (κ2) is 27.5. The van der Waals surface area contributed by atoms with Crippen molar-refractivity contribution in [1.82, 2.24) is 52.2 Å². The van der Waals surface area contributed by atoms with Crippen LogP contribution < -0.4 is 54.4 Å². The van der Waals surface area contributed by atoms with Crippen LogP contribution in [0.25, 0.3) is 32.7 Å². The third-order valence-corrected chi connectivity index (χ3v) is 13.6. The first-order valence-electron chi connectivity index (χ1n) is 26.1. The molecule has 22 heteroatoms. The Morgan fingerprint density at radius 2 is 0.896 bits per heavy atom. The van der Waals surface area contributed by atoms with Gasteiger partial charge in [-0.15, -0.1) is 0 Å². The summed E-state index contributed by atoms with van der Waals surface area (Å²) in [6, 6.07) is 13.7. The average molecular weight is 1060 g/mol. The predicted octanol–water partition coefficient (Wildman–Crippen LogP) is 2.18. The number of nitrogens with one attached hydrogen (secondary N) is 11. The number of aromatic nitrogens is 3. The van der Waals surface area contributed by atoms with Gasteiger partial charge in [0.1, 0.15) is 36.3 Å². The van der Waals surface area contributed by atoms with Crippen molar-refractivity contribution in [2.45, 2.75) is 121 Å². The summed E-state index contributed by atoms with van der Waals surface area (Å²) in [5.74, 6) is -6.81. The SMILES string of the molecule is CC(C)[C@H](NC(=O)[C@H](Cc1c[nH]c2ccccc12)NC(=O)[C@@H](NC(=O)[C@H](Cc1c[nH]c2ccccc12)NC(=O)[C@@H](N)CCCNC(=N)N)C(C)C)C(=O)N[C@@H](Cc1c[nH]c2ccccc12)C(=O)N[C@@H](CCCCN)C(=O)O. The number of unbranched alkanes of at least 4 members (excludes halogenated alkanes) is 1. The lowest BCUT2D eigenvalue weighted by molar-refractivity contribution is -0.142. The van der Waals surface area contributed by atoms with Crippen LogP contribution in [0.4, 0.5) is 0 Å². The first-order chi connectivity index (χ1) is 36.8. The molecule has 0 aliphatic carbocycles. The van der Waals surface area contributed by atoms with E-state index in [0.29, 0.717) is 43.5 Å². The fourth-order valence-corrected chi connectivity index (χ4v) is 9.27. The molecule has 18 N–H and O–H groups in total. The number of guanidine groups is 1. The molecule has 6 aromatic rings. The van der Waals surface area contributed by atoms with Gasteiger partial charge in [0.25, 0.3) is 0 Å². The van der Waals surface area contributed by atoms with Gasteiger partial charge >= 0.3 is 5.97 Å². The Morgan fingerprint density at radius 1 is 0.519 bits per heavy atom. The number of carbonyl (C=O) groups excluding carboxylic acids is 6. The normalized spacial score (nSPS) is 14.2. The Hall–Kier alpha value is -8.24. The molecule has 77 heavy (non-hydrogen) atoms. The van der Waals surface area contributed by atoms with Crippen LogP contribution in [0.5, 0.6) is 0 Å². The molecule has 0 spiro atoms. The van der Waals surface area contributed by atoms with E-state index in [0.717, 1.165) is 38.3 Å². The lowest BCUT2D eigenvalue weighted by Gasteiger charge is -2.29. The molecule has 0 saturated heterocycles. The molecule has 0 radical (unpaired) electrons. The number of nitrogens with two attached hydrogens (primary N) is 3. The number of aliphatic carboxylic acids is 1. The molecule has 3 aromatic heterocycles. The molecular formula is C55H74N14O8. The van der Waals surface area contributed by atoms with Crippen molar-refractivity contribution in [2.75, 3.05) is 13.1 Å². The summed E-state index contributed by atoms with van der Waals surface area (Å²) in [5, 5.41) is 39.3. The minimum Gasteiger partial charge on any atom is -0.480 e. The molecule has 7 atom stereocenters. The third kappa shape index (κ3) is 15.9. The molecule has 0 fully saturated rings. The van der Waals surface area contributed by atoms with Crippen LogP contribution in [0.2, 0.25) is 0 Å². The highest BCUT2D eigenvalue weighted by Crippen LogP contribution is 2.23. The van der Waals surface area contributed by atoms with Crippen molar-refractivity contribution >= 4 is 80.1 Å². The van der Waals surface area contributed by atoms with Gasteiger partial charge in [-0.2, -0.15) is 0 Å². The number of carbonyl (C=O) groups is 7. The molecule has 0 aliphatic rings. The fourth-order valence-electron chi connectivity index (χ4n) is 9.27. The van der Waals surface area contributed by atoms with E-state index in [1.165, 1.54) is 0 Å². The van der Waals surface area contributed by atoms with Gasteiger partial charge < -0.3 is 74.5 Å². The highest BCUT2D eigenvalue weighted by molar-refractivity contribution is 5.98. The molecule has 3 heterocycles. The van der Waals surface area contributed by atoms with E-state index >= 15 is 0 Å². The van der Waals surface area contributed by atoms with Crippen molar-refractivity contribution in [3.63, 3.8) is 0 Å². The summed E-state index contributed by atoms with van der Waals surface area (Å²) in [5.41, 5.74) is 21.8. The maximum absolute atomic E-state index is 14.8. The van der Waals surface area contributed by atoms with Crippen LogP contribution in [0.1, 0.15) is 76.5 Å². The maximum atomic E-state index is 14.8. The van der Waals surface area contributed by atoms with Crippen LogP contribution in [0, 0.1) is 17.2 Å². The number of para-hydroxylation sites is 3. The van der Waals surface area contributed by atoms with E-state index in [9.17, 15) is 38.7 Å². The van der Waals surface area contributed by atoms with Gasteiger partial charge in [0.05, 0.1) is 6.04 Å². The largest absolute Gasteiger partial charge is 0.480 e. The van der Waals surface area contributed by atoms with E-state index in [2.05, 4.69) is 52.2 Å². The van der Waals surface area contributed by atoms with Crippen LogP contribution in [0.3, 0.4) is 0 Å². The number of rotatable bonds is 29. The van der Waals surface area contributed by atoms with Gasteiger partial charge in [-0.1, -0.05) is 82.3 Å². The van der Waals surface area contributed by atoms with Gasteiger partial charge in [-0.3, -0.25) is 34.2 Å². The topological polar surface area (TPSA) is 373 Å². The Labute approximate surface area is 446 Å². The van der Waals surface area contributed by atoms with Crippen LogP contribution in [0.15, 0.2) is 91.4 Å². The Morgan fingerprint density at radius 3 is 1.27 bits per heavy atom. The lowest BCUT2D eigenvalue weighted by Crippen LogP contribution is -2.61. The van der Waals surface area contributed by atoms with Crippen LogP contribution in [-0.2, 0) is 52.8 Å². The summed E-state index contributed by atoms with van der Waals surface area (Å²) in [4.78, 5) is 108. The summed E-state index contributed by atoms with van der Waals surface area (Å²) < 4.78 is 0. The van der Waals surface area contributed by atoms with Gasteiger partial charge in [-0.05, 0) is 85.4 Å². The zero-order valence-corrected chi connectivity index (χ0v) is 44.0. The molecule has 0 aliphatic heterocycles. The van der Waals surface area contributed by atoms with E-state index in [-0.39, 0.29) is 38.1 Å². The second-order valence-electron chi connectivity index (χ2n) is 20.1. The fraction of sp³-hybridized carbons (Fsp3) is 0.418. The Bertz CT molecular complexity index is 3020. The highest BCUT2D eigenvalue weighted by Gasteiger charge is 2.36. The quantitative estimate of drug-likeness (QED) is 0.0183. The van der Waals surface area contributed by atoms with E-state index in [4.69, 9.17) is 22.6 Å². The minimum atomic E-state index is -1.33. The Balaban J connectivity index is 1.25. The van der Waals surface area contributed by atoms with Crippen molar-refractivity contribution in [3.8, 4) is 0 Å². The number of amides is 6. The van der Waals surface area contributed by atoms with Gasteiger partial charge in [-0.25, -0.2) is 4.79 Å². The number of carboxylic acid groups (broad SMARTS) is 1. The van der Waals surface area contributed by atoms with Gasteiger partial charge in [0, 0.05) is 77.1 Å². The molecular weight excluding hydrogens is 985 g/mol. The standard InChI is InChI=1S/C55H74N14O8/c1-30(2)46(52(74)66-43(24-32-27-61-39-18-8-5-14-35(32)39)49(71)64-42(54(76)77)21-11-12-22-56)69-51(73)45(26-34-29-63-41-20-10-7-16-37(34)41)67-53(75)47(31(3)4)68-50(72)44(25-33-28-62-40-19-9-6-15-36(33)40)65-48(70)38(57)17-13-23-60-55(58)59/h5-10,14-16,18-20,27-31,38,42-47,61-63H,11-13,17,21-26,56-57H2,1-4H3,(H,64,71)(H,65,70)(H,66,74)(H,67,75)(H,68,72)(H,69,73)(H,76,77)(H4,58,59,60)/t38-,42-,43-,44-,45-,46-,47-/m0/s1. The third-order valence-electron chi connectivity index (χ3n) is 13.6. The summed E-state index contributed by atoms with van der Waals surface area (Å²) in [7, 11) is 0.